The van der Waals surface area contributed by atoms with Crippen LogP contribution in [0.3, 0.4) is 0 Å². The van der Waals surface area contributed by atoms with Gasteiger partial charge in [0.2, 0.25) is 5.91 Å². The van der Waals surface area contributed by atoms with Crippen LogP contribution in [0.25, 0.3) is 10.8 Å². The van der Waals surface area contributed by atoms with Gasteiger partial charge >= 0.3 is 0 Å². The lowest BCUT2D eigenvalue weighted by molar-refractivity contribution is -0.305. The van der Waals surface area contributed by atoms with Crippen LogP contribution in [0.5, 0.6) is 0 Å². The van der Waals surface area contributed by atoms with E-state index in [1.54, 1.807) is 6.07 Å². The van der Waals surface area contributed by atoms with Gasteiger partial charge in [-0.15, -0.1) is 0 Å². The number of nitrogens with one attached hydrogen (secondary N) is 1. The summed E-state index contributed by atoms with van der Waals surface area (Å²) in [6.45, 7) is 0. The smallest absolute Gasteiger partial charge is 0.241 e. The SMILES string of the molecule is N[C@@H](CCC(=O)[O-])C(=O)Nc1ccc2ccccc2c1. The Morgan fingerprint density at radius 3 is 2.55 bits per heavy atom. The second kappa shape index (κ2) is 6.16. The summed E-state index contributed by atoms with van der Waals surface area (Å²) in [7, 11) is 0. The minimum atomic E-state index is -1.21. The minimum Gasteiger partial charge on any atom is -0.550 e. The Bertz CT molecular complexity index is 640. The number of carboxylic acid groups (broad SMARTS) is 1. The van der Waals surface area contributed by atoms with Crippen LogP contribution in [0, 0.1) is 0 Å². The molecule has 1 atom stereocenters. The predicted molar refractivity (Wildman–Crippen MR) is 74.8 cm³/mol. The van der Waals surface area contributed by atoms with E-state index in [0.29, 0.717) is 5.69 Å². The van der Waals surface area contributed by atoms with Crippen molar-refractivity contribution in [1.29, 1.82) is 0 Å². The molecule has 0 fully saturated rings. The zero-order valence-electron chi connectivity index (χ0n) is 10.8. The molecule has 104 valence electrons. The van der Waals surface area contributed by atoms with E-state index in [2.05, 4.69) is 5.32 Å². The number of rotatable bonds is 5. The number of carboxylic acids is 1. The summed E-state index contributed by atoms with van der Waals surface area (Å²) in [6, 6.07) is 12.4. The van der Waals surface area contributed by atoms with Crippen molar-refractivity contribution in [3.8, 4) is 0 Å². The summed E-state index contributed by atoms with van der Waals surface area (Å²) in [5.41, 5.74) is 6.26. The number of carbonyl (C=O) groups excluding carboxylic acids is 2. The van der Waals surface area contributed by atoms with Gasteiger partial charge in [-0.25, -0.2) is 0 Å². The molecule has 2 rings (SSSR count). The van der Waals surface area contributed by atoms with Gasteiger partial charge in [0.15, 0.2) is 0 Å². The quantitative estimate of drug-likeness (QED) is 0.834. The predicted octanol–water partition coefficient (Wildman–Crippen LogP) is 0.636. The maximum absolute atomic E-state index is 11.8. The molecule has 1 amide bonds. The van der Waals surface area contributed by atoms with Crippen molar-refractivity contribution in [1.82, 2.24) is 0 Å². The number of hydrogen-bond acceptors (Lipinski definition) is 4. The van der Waals surface area contributed by atoms with Crippen LogP contribution >= 0.6 is 0 Å². The lowest BCUT2D eigenvalue weighted by Crippen LogP contribution is -2.37. The molecule has 5 heteroatoms. The van der Waals surface area contributed by atoms with Crippen molar-refractivity contribution in [2.24, 2.45) is 5.73 Å². The number of fused-ring (bicyclic) bond motifs is 1. The highest BCUT2D eigenvalue weighted by Gasteiger charge is 2.13. The number of benzene rings is 2. The van der Waals surface area contributed by atoms with E-state index in [-0.39, 0.29) is 12.8 Å². The van der Waals surface area contributed by atoms with Gasteiger partial charge in [0, 0.05) is 11.7 Å². The monoisotopic (exact) mass is 271 g/mol. The molecule has 0 aliphatic carbocycles. The highest BCUT2D eigenvalue weighted by atomic mass is 16.4. The average Bonchev–Trinajstić information content (AvgIpc) is 2.44. The Kier molecular flexibility index (Phi) is 4.32. The Labute approximate surface area is 116 Å². The topological polar surface area (TPSA) is 95.2 Å². The zero-order chi connectivity index (χ0) is 14.5. The molecule has 0 unspecified atom stereocenters. The molecule has 0 radical (unpaired) electrons. The molecule has 0 saturated carbocycles. The minimum absolute atomic E-state index is 0.0573. The summed E-state index contributed by atoms with van der Waals surface area (Å²) < 4.78 is 0. The van der Waals surface area contributed by atoms with Gasteiger partial charge in [-0.1, -0.05) is 30.3 Å². The average molecular weight is 271 g/mol. The first-order chi connectivity index (χ1) is 9.56. The van der Waals surface area contributed by atoms with Crippen LogP contribution in [-0.2, 0) is 9.59 Å². The number of anilines is 1. The van der Waals surface area contributed by atoms with Gasteiger partial charge in [0.1, 0.15) is 0 Å². The molecule has 0 heterocycles. The van der Waals surface area contributed by atoms with E-state index < -0.39 is 17.9 Å². The molecular weight excluding hydrogens is 256 g/mol. The standard InChI is InChI=1S/C15H16N2O3/c16-13(7-8-14(18)19)15(20)17-12-6-5-10-3-1-2-4-11(10)9-12/h1-6,9,13H,7-8,16H2,(H,17,20)(H,18,19)/p-1/t13-/m0/s1. The van der Waals surface area contributed by atoms with Crippen LogP contribution in [0.2, 0.25) is 0 Å². The van der Waals surface area contributed by atoms with Gasteiger partial charge in [-0.2, -0.15) is 0 Å². The maximum Gasteiger partial charge on any atom is 0.241 e. The first kappa shape index (κ1) is 14.0. The van der Waals surface area contributed by atoms with Gasteiger partial charge in [0.05, 0.1) is 6.04 Å². The van der Waals surface area contributed by atoms with Gasteiger partial charge in [-0.05, 0) is 35.7 Å². The lowest BCUT2D eigenvalue weighted by Gasteiger charge is -2.13. The number of aliphatic carboxylic acids is 1. The summed E-state index contributed by atoms with van der Waals surface area (Å²) in [5.74, 6) is -1.61. The lowest BCUT2D eigenvalue weighted by atomic mass is 10.1. The fraction of sp³-hybridized carbons (Fsp3) is 0.200. The third kappa shape index (κ3) is 3.55. The molecule has 0 bridgehead atoms. The van der Waals surface area contributed by atoms with Crippen molar-refractivity contribution in [2.75, 3.05) is 5.32 Å². The van der Waals surface area contributed by atoms with Crippen LogP contribution in [0.1, 0.15) is 12.8 Å². The summed E-state index contributed by atoms with van der Waals surface area (Å²) >= 11 is 0. The van der Waals surface area contributed by atoms with E-state index in [4.69, 9.17) is 5.73 Å². The van der Waals surface area contributed by atoms with E-state index in [1.165, 1.54) is 0 Å². The Hall–Kier alpha value is -2.40. The van der Waals surface area contributed by atoms with Crippen molar-refractivity contribution in [3.05, 3.63) is 42.5 Å². The van der Waals surface area contributed by atoms with Gasteiger partial charge < -0.3 is 21.0 Å². The molecule has 2 aromatic rings. The second-order valence-electron chi connectivity index (χ2n) is 4.57. The van der Waals surface area contributed by atoms with Crippen molar-refractivity contribution < 1.29 is 14.7 Å². The number of carbonyl (C=O) groups is 2. The fourth-order valence-corrected chi connectivity index (χ4v) is 1.91. The fourth-order valence-electron chi connectivity index (χ4n) is 1.91. The molecule has 0 saturated heterocycles. The molecular formula is C15H15N2O3-. The van der Waals surface area contributed by atoms with Crippen LogP contribution in [0.15, 0.2) is 42.5 Å². The Balaban J connectivity index is 2.03. The van der Waals surface area contributed by atoms with Crippen molar-refractivity contribution >= 4 is 28.3 Å². The van der Waals surface area contributed by atoms with E-state index >= 15 is 0 Å². The van der Waals surface area contributed by atoms with Crippen LogP contribution in [-0.4, -0.2) is 17.9 Å². The molecule has 0 aromatic heterocycles. The first-order valence-corrected chi connectivity index (χ1v) is 6.31. The zero-order valence-corrected chi connectivity index (χ0v) is 10.8. The normalized spacial score (nSPS) is 12.1. The van der Waals surface area contributed by atoms with Crippen LogP contribution < -0.4 is 16.2 Å². The number of hydrogen-bond donors (Lipinski definition) is 2. The second-order valence-corrected chi connectivity index (χ2v) is 4.57. The third-order valence-electron chi connectivity index (χ3n) is 3.01. The summed E-state index contributed by atoms with van der Waals surface area (Å²) in [5, 5.41) is 15.1. The Morgan fingerprint density at radius 2 is 1.85 bits per heavy atom. The van der Waals surface area contributed by atoms with E-state index in [1.807, 2.05) is 36.4 Å². The van der Waals surface area contributed by atoms with Crippen LogP contribution in [0.4, 0.5) is 5.69 Å². The molecule has 3 N–H and O–H groups in total. The third-order valence-corrected chi connectivity index (χ3v) is 3.01. The summed E-state index contributed by atoms with van der Waals surface area (Å²) in [4.78, 5) is 22.1. The van der Waals surface area contributed by atoms with Gasteiger partial charge in [0.25, 0.3) is 0 Å². The number of amides is 1. The molecule has 20 heavy (non-hydrogen) atoms. The van der Waals surface area contributed by atoms with E-state index in [0.717, 1.165) is 10.8 Å². The summed E-state index contributed by atoms with van der Waals surface area (Å²) in [6.07, 6.45) is -0.173. The molecule has 0 aliphatic rings. The number of nitrogens with two attached hydrogens (primary N) is 1. The highest BCUT2D eigenvalue weighted by Crippen LogP contribution is 2.19. The maximum atomic E-state index is 11.8. The van der Waals surface area contributed by atoms with Crippen molar-refractivity contribution in [3.63, 3.8) is 0 Å². The molecule has 5 nitrogen and oxygen atoms in total. The highest BCUT2D eigenvalue weighted by molar-refractivity contribution is 5.97. The van der Waals surface area contributed by atoms with E-state index in [9.17, 15) is 14.7 Å². The van der Waals surface area contributed by atoms with Crippen molar-refractivity contribution in [2.45, 2.75) is 18.9 Å². The molecule has 0 spiro atoms. The first-order valence-electron chi connectivity index (χ1n) is 6.31. The Morgan fingerprint density at radius 1 is 1.15 bits per heavy atom. The molecule has 0 aliphatic heterocycles. The van der Waals surface area contributed by atoms with Gasteiger partial charge in [-0.3, -0.25) is 4.79 Å². The largest absolute Gasteiger partial charge is 0.550 e. The molecule has 2 aromatic carbocycles.